The minimum absolute atomic E-state index is 0.141. The van der Waals surface area contributed by atoms with E-state index in [-0.39, 0.29) is 22.6 Å². The van der Waals surface area contributed by atoms with Gasteiger partial charge in [0.05, 0.1) is 9.79 Å². The van der Waals surface area contributed by atoms with Crippen LogP contribution < -0.4 is 0 Å². The Morgan fingerprint density at radius 2 is 1.58 bits per heavy atom. The predicted molar refractivity (Wildman–Crippen MR) is 68.6 cm³/mol. The molecule has 6 nitrogen and oxygen atoms in total. The van der Waals surface area contributed by atoms with Gasteiger partial charge in [0.15, 0.2) is 19.7 Å². The highest BCUT2D eigenvalue weighted by atomic mass is 32.2. The maximum Gasteiger partial charge on any atom is 0.303 e. The first kappa shape index (κ1) is 15.6. The van der Waals surface area contributed by atoms with Crippen LogP contribution in [-0.2, 0) is 30.9 Å². The molecule has 1 N–H and O–H groups in total. The van der Waals surface area contributed by atoms with E-state index in [1.807, 2.05) is 0 Å². The van der Waals surface area contributed by atoms with Crippen LogP contribution >= 0.6 is 0 Å². The Labute approximate surface area is 111 Å². The van der Waals surface area contributed by atoms with Crippen molar-refractivity contribution < 1.29 is 26.7 Å². The number of aryl methyl sites for hydroxylation is 1. The summed E-state index contributed by atoms with van der Waals surface area (Å²) >= 11 is 0. The SMILES string of the molecule is CS(=O)(=O)c1ccc(CCC(=O)O)cc1S(C)(=O)=O. The molecular weight excluding hydrogens is 292 g/mol. The van der Waals surface area contributed by atoms with E-state index < -0.39 is 25.6 Å². The number of benzene rings is 1. The molecule has 0 aliphatic heterocycles. The van der Waals surface area contributed by atoms with Gasteiger partial charge in [0.1, 0.15) is 0 Å². The molecule has 0 amide bonds. The van der Waals surface area contributed by atoms with E-state index in [1.54, 1.807) is 0 Å². The largest absolute Gasteiger partial charge is 0.481 e. The first-order valence-corrected chi connectivity index (χ1v) is 9.05. The summed E-state index contributed by atoms with van der Waals surface area (Å²) in [6.45, 7) is 0. The van der Waals surface area contributed by atoms with Crippen molar-refractivity contribution in [2.45, 2.75) is 22.6 Å². The fraction of sp³-hybridized carbons (Fsp3) is 0.364. The summed E-state index contributed by atoms with van der Waals surface area (Å²) in [4.78, 5) is 9.90. The van der Waals surface area contributed by atoms with Gasteiger partial charge in [-0.25, -0.2) is 16.8 Å². The molecule has 0 unspecified atom stereocenters. The lowest BCUT2D eigenvalue weighted by Gasteiger charge is -2.08. The van der Waals surface area contributed by atoms with Crippen LogP contribution in [-0.4, -0.2) is 40.4 Å². The van der Waals surface area contributed by atoms with Gasteiger partial charge in [-0.2, -0.15) is 0 Å². The summed E-state index contributed by atoms with van der Waals surface area (Å²) in [6.07, 6.45) is 1.83. The fourth-order valence-electron chi connectivity index (χ4n) is 1.56. The molecule has 0 spiro atoms. The second kappa shape index (κ2) is 5.30. The third-order valence-electron chi connectivity index (χ3n) is 2.43. The van der Waals surface area contributed by atoms with Crippen LogP contribution in [0.15, 0.2) is 28.0 Å². The average molecular weight is 306 g/mol. The Kier molecular flexibility index (Phi) is 4.36. The van der Waals surface area contributed by atoms with Crippen molar-refractivity contribution in [3.63, 3.8) is 0 Å². The number of hydrogen-bond acceptors (Lipinski definition) is 5. The highest BCUT2D eigenvalue weighted by Gasteiger charge is 2.21. The standard InChI is InChI=1S/C11H14O6S2/c1-18(14,15)9-5-3-8(4-6-11(12)13)7-10(9)19(2,16)17/h3,5,7H,4,6H2,1-2H3,(H,12,13). The molecule has 8 heteroatoms. The van der Waals surface area contributed by atoms with Gasteiger partial charge in [0.25, 0.3) is 0 Å². The molecule has 0 aliphatic carbocycles. The molecule has 0 atom stereocenters. The molecule has 0 aliphatic rings. The molecular formula is C11H14O6S2. The van der Waals surface area contributed by atoms with Crippen molar-refractivity contribution in [1.29, 1.82) is 0 Å². The van der Waals surface area contributed by atoms with E-state index in [0.29, 0.717) is 5.56 Å². The lowest BCUT2D eigenvalue weighted by atomic mass is 10.1. The monoisotopic (exact) mass is 306 g/mol. The van der Waals surface area contributed by atoms with Gasteiger partial charge in [-0.3, -0.25) is 4.79 Å². The van der Waals surface area contributed by atoms with Gasteiger partial charge >= 0.3 is 5.97 Å². The van der Waals surface area contributed by atoms with Gasteiger partial charge in [-0.1, -0.05) is 6.07 Å². The second-order valence-electron chi connectivity index (χ2n) is 4.22. The van der Waals surface area contributed by atoms with Crippen LogP contribution in [0.4, 0.5) is 0 Å². The Balaban J connectivity index is 3.37. The smallest absolute Gasteiger partial charge is 0.303 e. The summed E-state index contributed by atoms with van der Waals surface area (Å²) in [6, 6.07) is 3.84. The van der Waals surface area contributed by atoms with E-state index in [2.05, 4.69) is 0 Å². The van der Waals surface area contributed by atoms with Gasteiger partial charge in [-0.05, 0) is 24.1 Å². The number of sulfone groups is 2. The Morgan fingerprint density at radius 3 is 2.00 bits per heavy atom. The van der Waals surface area contributed by atoms with Crippen LogP contribution in [0.5, 0.6) is 0 Å². The normalized spacial score (nSPS) is 12.3. The molecule has 19 heavy (non-hydrogen) atoms. The maximum atomic E-state index is 11.6. The number of aliphatic carboxylic acids is 1. The van der Waals surface area contributed by atoms with E-state index in [0.717, 1.165) is 12.5 Å². The number of carbonyl (C=O) groups is 1. The quantitative estimate of drug-likeness (QED) is 0.849. The first-order valence-electron chi connectivity index (χ1n) is 5.26. The molecule has 1 aromatic carbocycles. The molecule has 0 bridgehead atoms. The van der Waals surface area contributed by atoms with E-state index >= 15 is 0 Å². The lowest BCUT2D eigenvalue weighted by Crippen LogP contribution is -2.08. The molecule has 0 fully saturated rings. The highest BCUT2D eigenvalue weighted by Crippen LogP contribution is 2.23. The van der Waals surface area contributed by atoms with Crippen LogP contribution in [0.3, 0.4) is 0 Å². The van der Waals surface area contributed by atoms with Crippen LogP contribution in [0.25, 0.3) is 0 Å². The van der Waals surface area contributed by atoms with Crippen LogP contribution in [0.2, 0.25) is 0 Å². The molecule has 0 aromatic heterocycles. The van der Waals surface area contributed by atoms with Gasteiger partial charge in [0, 0.05) is 18.9 Å². The molecule has 0 radical (unpaired) electrons. The van der Waals surface area contributed by atoms with Crippen molar-refractivity contribution in [3.8, 4) is 0 Å². The molecule has 0 heterocycles. The van der Waals surface area contributed by atoms with Crippen LogP contribution in [0, 0.1) is 0 Å². The van der Waals surface area contributed by atoms with Gasteiger partial charge in [-0.15, -0.1) is 0 Å². The Hall–Kier alpha value is -1.41. The molecule has 0 saturated heterocycles. The minimum atomic E-state index is -3.70. The average Bonchev–Trinajstić information content (AvgIpc) is 2.23. The zero-order chi connectivity index (χ0) is 14.8. The third kappa shape index (κ3) is 4.32. The number of hydrogen-bond donors (Lipinski definition) is 1. The first-order chi connectivity index (χ1) is 8.51. The van der Waals surface area contributed by atoms with Crippen molar-refractivity contribution >= 4 is 25.6 Å². The number of rotatable bonds is 5. The predicted octanol–water partition coefficient (Wildman–Crippen LogP) is 0.511. The summed E-state index contributed by atoms with van der Waals surface area (Å²) in [5, 5.41) is 8.57. The number of carboxylic acid groups (broad SMARTS) is 1. The zero-order valence-electron chi connectivity index (χ0n) is 10.5. The zero-order valence-corrected chi connectivity index (χ0v) is 12.1. The molecule has 1 aromatic rings. The van der Waals surface area contributed by atoms with Crippen molar-refractivity contribution in [3.05, 3.63) is 23.8 Å². The van der Waals surface area contributed by atoms with Gasteiger partial charge in [0.2, 0.25) is 0 Å². The second-order valence-corrected chi connectivity index (χ2v) is 8.19. The van der Waals surface area contributed by atoms with Gasteiger partial charge < -0.3 is 5.11 Å². The molecule has 0 saturated carbocycles. The summed E-state index contributed by atoms with van der Waals surface area (Å²) in [7, 11) is -7.36. The highest BCUT2D eigenvalue weighted by molar-refractivity contribution is 7.93. The van der Waals surface area contributed by atoms with Crippen molar-refractivity contribution in [2.24, 2.45) is 0 Å². The van der Waals surface area contributed by atoms with E-state index in [9.17, 15) is 21.6 Å². The summed E-state index contributed by atoms with van der Waals surface area (Å²) in [5.74, 6) is -1.01. The van der Waals surface area contributed by atoms with Crippen molar-refractivity contribution in [1.82, 2.24) is 0 Å². The Bertz CT molecular complexity index is 701. The molecule has 106 valence electrons. The summed E-state index contributed by atoms with van der Waals surface area (Å²) in [5.41, 5.74) is 0.468. The van der Waals surface area contributed by atoms with E-state index in [4.69, 9.17) is 5.11 Å². The van der Waals surface area contributed by atoms with E-state index in [1.165, 1.54) is 18.2 Å². The third-order valence-corrected chi connectivity index (χ3v) is 4.86. The van der Waals surface area contributed by atoms with Crippen molar-refractivity contribution in [2.75, 3.05) is 12.5 Å². The topological polar surface area (TPSA) is 106 Å². The maximum absolute atomic E-state index is 11.6. The fourth-order valence-corrected chi connectivity index (χ4v) is 4.00. The number of carboxylic acids is 1. The van der Waals surface area contributed by atoms with Crippen LogP contribution in [0.1, 0.15) is 12.0 Å². The minimum Gasteiger partial charge on any atom is -0.481 e. The lowest BCUT2D eigenvalue weighted by molar-refractivity contribution is -0.136. The Morgan fingerprint density at radius 1 is 1.05 bits per heavy atom. The summed E-state index contributed by atoms with van der Waals surface area (Å²) < 4.78 is 46.3. The molecule has 1 rings (SSSR count).